The number of hydrogen-bond acceptors (Lipinski definition) is 2. The van der Waals surface area contributed by atoms with Crippen LogP contribution in [0.15, 0.2) is 24.3 Å². The molecule has 0 heterocycles. The summed E-state index contributed by atoms with van der Waals surface area (Å²) in [6.45, 7) is 9.00. The van der Waals surface area contributed by atoms with Crippen LogP contribution in [0.5, 0.6) is 0 Å². The van der Waals surface area contributed by atoms with Gasteiger partial charge in [0.25, 0.3) is 0 Å². The van der Waals surface area contributed by atoms with Gasteiger partial charge in [0.15, 0.2) is 0 Å². The Labute approximate surface area is 121 Å². The summed E-state index contributed by atoms with van der Waals surface area (Å²) in [6, 6.07) is 7.80. The summed E-state index contributed by atoms with van der Waals surface area (Å²) in [4.78, 5) is 12.0. The molecule has 0 saturated carbocycles. The van der Waals surface area contributed by atoms with Crippen LogP contribution < -0.4 is 10.6 Å². The highest BCUT2D eigenvalue weighted by atomic mass is 16.5. The number of anilines is 1. The van der Waals surface area contributed by atoms with Crippen LogP contribution in [0.4, 0.5) is 10.5 Å². The number of hydrogen-bond donors (Lipinski definition) is 2. The van der Waals surface area contributed by atoms with Gasteiger partial charge < -0.3 is 15.4 Å². The van der Waals surface area contributed by atoms with Crippen molar-refractivity contribution >= 4 is 11.7 Å². The number of ether oxygens (including phenoxy) is 1. The van der Waals surface area contributed by atoms with E-state index in [1.54, 1.807) is 7.11 Å². The number of para-hydroxylation sites is 1. The fourth-order valence-corrected chi connectivity index (χ4v) is 2.00. The molecule has 0 aromatic heterocycles. The predicted octanol–water partition coefficient (Wildman–Crippen LogP) is 3.53. The third kappa shape index (κ3) is 5.21. The minimum absolute atomic E-state index is 0.00839. The van der Waals surface area contributed by atoms with Crippen LogP contribution in [0.25, 0.3) is 0 Å². The number of nitrogens with one attached hydrogen (secondary N) is 2. The number of benzene rings is 1. The molecule has 0 aliphatic heterocycles. The van der Waals surface area contributed by atoms with Gasteiger partial charge >= 0.3 is 6.03 Å². The van der Waals surface area contributed by atoms with Crippen molar-refractivity contribution in [2.24, 2.45) is 0 Å². The molecule has 0 aliphatic rings. The van der Waals surface area contributed by atoms with E-state index in [0.717, 1.165) is 17.7 Å². The summed E-state index contributed by atoms with van der Waals surface area (Å²) in [5.74, 6) is 0. The van der Waals surface area contributed by atoms with Gasteiger partial charge in [-0.2, -0.15) is 0 Å². The zero-order valence-electron chi connectivity index (χ0n) is 13.1. The highest BCUT2D eigenvalue weighted by Crippen LogP contribution is 2.29. The van der Waals surface area contributed by atoms with Crippen molar-refractivity contribution in [3.05, 3.63) is 29.8 Å². The molecule has 112 valence electrons. The van der Waals surface area contributed by atoms with Crippen molar-refractivity contribution in [1.29, 1.82) is 0 Å². The Balaban J connectivity index is 2.67. The summed E-state index contributed by atoms with van der Waals surface area (Å²) in [5, 5.41) is 5.85. The summed E-state index contributed by atoms with van der Waals surface area (Å²) < 4.78 is 5.00. The van der Waals surface area contributed by atoms with E-state index in [-0.39, 0.29) is 17.5 Å². The molecule has 1 atom stereocenters. The van der Waals surface area contributed by atoms with Crippen LogP contribution in [0.3, 0.4) is 0 Å². The molecule has 0 fully saturated rings. The van der Waals surface area contributed by atoms with Gasteiger partial charge in [0.2, 0.25) is 0 Å². The highest BCUT2D eigenvalue weighted by Gasteiger charge is 2.18. The first-order valence-electron chi connectivity index (χ1n) is 7.00. The molecule has 0 unspecified atom stereocenters. The number of carbonyl (C=O) groups excluding carboxylic acids is 1. The first-order valence-corrected chi connectivity index (χ1v) is 7.00. The predicted molar refractivity (Wildman–Crippen MR) is 83.3 cm³/mol. The van der Waals surface area contributed by atoms with Crippen molar-refractivity contribution in [3.63, 3.8) is 0 Å². The molecule has 2 amide bonds. The van der Waals surface area contributed by atoms with Crippen molar-refractivity contribution in [1.82, 2.24) is 5.32 Å². The quantitative estimate of drug-likeness (QED) is 0.865. The molecule has 2 N–H and O–H groups in total. The number of carbonyl (C=O) groups is 1. The number of urea groups is 1. The van der Waals surface area contributed by atoms with E-state index >= 15 is 0 Å². The van der Waals surface area contributed by atoms with Crippen LogP contribution >= 0.6 is 0 Å². The molecule has 4 heteroatoms. The third-order valence-electron chi connectivity index (χ3n) is 3.12. The molecular weight excluding hydrogens is 252 g/mol. The molecule has 0 spiro atoms. The van der Waals surface area contributed by atoms with E-state index in [1.165, 1.54) is 0 Å². The summed E-state index contributed by atoms with van der Waals surface area (Å²) in [5.41, 5.74) is 1.97. The molecule has 0 bridgehead atoms. The van der Waals surface area contributed by atoms with Crippen LogP contribution in [0.2, 0.25) is 0 Å². The Kier molecular flexibility index (Phi) is 6.02. The average Bonchev–Trinajstić information content (AvgIpc) is 2.35. The standard InChI is InChI=1S/C16H26N2O2/c1-12(10-11-20-5)17-15(19)18-14-9-7-6-8-13(14)16(2,3)4/h6-9,12H,10-11H2,1-5H3,(H2,17,18,19)/t12-/m0/s1. The molecule has 0 radical (unpaired) electrons. The average molecular weight is 278 g/mol. The van der Waals surface area contributed by atoms with Crippen molar-refractivity contribution < 1.29 is 9.53 Å². The fourth-order valence-electron chi connectivity index (χ4n) is 2.00. The van der Waals surface area contributed by atoms with Crippen LogP contribution in [0.1, 0.15) is 39.7 Å². The Morgan fingerprint density at radius 1 is 1.30 bits per heavy atom. The maximum Gasteiger partial charge on any atom is 0.319 e. The fraction of sp³-hybridized carbons (Fsp3) is 0.562. The molecular formula is C16H26N2O2. The normalized spacial score (nSPS) is 12.8. The molecule has 1 rings (SSSR count). The molecule has 20 heavy (non-hydrogen) atoms. The van der Waals surface area contributed by atoms with Crippen molar-refractivity contribution in [3.8, 4) is 0 Å². The number of amides is 2. The molecule has 0 saturated heterocycles. The second-order valence-electron chi connectivity index (χ2n) is 6.08. The Morgan fingerprint density at radius 2 is 1.95 bits per heavy atom. The maximum absolute atomic E-state index is 12.0. The summed E-state index contributed by atoms with van der Waals surface area (Å²) >= 11 is 0. The van der Waals surface area contributed by atoms with Gasteiger partial charge in [0, 0.05) is 25.4 Å². The lowest BCUT2D eigenvalue weighted by Crippen LogP contribution is -2.37. The SMILES string of the molecule is COCC[C@H](C)NC(=O)Nc1ccccc1C(C)(C)C. The lowest BCUT2D eigenvalue weighted by atomic mass is 9.86. The van der Waals surface area contributed by atoms with E-state index in [4.69, 9.17) is 4.74 Å². The van der Waals surface area contributed by atoms with E-state index in [2.05, 4.69) is 31.4 Å². The zero-order valence-corrected chi connectivity index (χ0v) is 13.1. The number of methoxy groups -OCH3 is 1. The Morgan fingerprint density at radius 3 is 2.55 bits per heavy atom. The molecule has 1 aromatic carbocycles. The van der Waals surface area contributed by atoms with Gasteiger partial charge in [-0.15, -0.1) is 0 Å². The lowest BCUT2D eigenvalue weighted by molar-refractivity contribution is 0.185. The zero-order chi connectivity index (χ0) is 15.2. The highest BCUT2D eigenvalue weighted by molar-refractivity contribution is 5.90. The Hall–Kier alpha value is -1.55. The van der Waals surface area contributed by atoms with Gasteiger partial charge in [0.1, 0.15) is 0 Å². The van der Waals surface area contributed by atoms with Gasteiger partial charge in [-0.05, 0) is 30.4 Å². The van der Waals surface area contributed by atoms with Crippen LogP contribution in [-0.4, -0.2) is 25.8 Å². The summed E-state index contributed by atoms with van der Waals surface area (Å²) in [7, 11) is 1.66. The smallest absolute Gasteiger partial charge is 0.319 e. The monoisotopic (exact) mass is 278 g/mol. The lowest BCUT2D eigenvalue weighted by Gasteiger charge is -2.23. The Bertz CT molecular complexity index is 438. The van der Waals surface area contributed by atoms with E-state index in [9.17, 15) is 4.79 Å². The molecule has 1 aromatic rings. The van der Waals surface area contributed by atoms with Gasteiger partial charge in [-0.25, -0.2) is 4.79 Å². The van der Waals surface area contributed by atoms with Crippen molar-refractivity contribution in [2.75, 3.05) is 19.0 Å². The first kappa shape index (κ1) is 16.5. The molecule has 4 nitrogen and oxygen atoms in total. The van der Waals surface area contributed by atoms with Crippen molar-refractivity contribution in [2.45, 2.75) is 45.6 Å². The second kappa shape index (κ2) is 7.29. The molecule has 0 aliphatic carbocycles. The summed E-state index contributed by atoms with van der Waals surface area (Å²) in [6.07, 6.45) is 0.796. The van der Waals surface area contributed by atoms with E-state index in [0.29, 0.717) is 6.61 Å². The van der Waals surface area contributed by atoms with Gasteiger partial charge in [-0.1, -0.05) is 39.0 Å². The second-order valence-corrected chi connectivity index (χ2v) is 6.08. The maximum atomic E-state index is 12.0. The van der Waals surface area contributed by atoms with E-state index in [1.807, 2.05) is 31.2 Å². The first-order chi connectivity index (χ1) is 9.34. The third-order valence-corrected chi connectivity index (χ3v) is 3.12. The number of rotatable bonds is 5. The van der Waals surface area contributed by atoms with E-state index < -0.39 is 0 Å². The van der Waals surface area contributed by atoms with Gasteiger partial charge in [0.05, 0.1) is 0 Å². The minimum atomic E-state index is -0.176. The van der Waals surface area contributed by atoms with Crippen LogP contribution in [0, 0.1) is 0 Å². The van der Waals surface area contributed by atoms with Gasteiger partial charge in [-0.3, -0.25) is 0 Å². The van der Waals surface area contributed by atoms with Crippen LogP contribution in [-0.2, 0) is 10.2 Å². The minimum Gasteiger partial charge on any atom is -0.385 e. The topological polar surface area (TPSA) is 50.4 Å². The largest absolute Gasteiger partial charge is 0.385 e.